The Morgan fingerprint density at radius 1 is 0.971 bits per heavy atom. The van der Waals surface area contributed by atoms with E-state index in [0.717, 1.165) is 48.9 Å². The van der Waals surface area contributed by atoms with Gasteiger partial charge >= 0.3 is 0 Å². The molecule has 0 unspecified atom stereocenters. The van der Waals surface area contributed by atoms with Crippen LogP contribution in [0.15, 0.2) is 53.3 Å². The topological polar surface area (TPSA) is 78.8 Å². The number of nitrogens with one attached hydrogen (secondary N) is 1. The van der Waals surface area contributed by atoms with Gasteiger partial charge in [-0.1, -0.05) is 24.3 Å². The lowest BCUT2D eigenvalue weighted by molar-refractivity contribution is 0.246. The first kappa shape index (κ1) is 23.8. The van der Waals surface area contributed by atoms with E-state index in [1.165, 1.54) is 15.6 Å². The van der Waals surface area contributed by atoms with E-state index in [4.69, 9.17) is 4.74 Å². The lowest BCUT2D eigenvalue weighted by Gasteiger charge is -2.36. The van der Waals surface area contributed by atoms with E-state index in [9.17, 15) is 4.79 Å². The summed E-state index contributed by atoms with van der Waals surface area (Å²) in [4.78, 5) is 26.6. The first-order chi connectivity index (χ1) is 16.0. The molecule has 5 rings (SSSR count). The summed E-state index contributed by atoms with van der Waals surface area (Å²) in [6.45, 7) is 8.31. The highest BCUT2D eigenvalue weighted by Gasteiger charge is 2.20. The molecule has 8 nitrogen and oxygen atoms in total. The van der Waals surface area contributed by atoms with Gasteiger partial charge in [0.15, 0.2) is 5.82 Å². The fourth-order valence-electron chi connectivity index (χ4n) is 4.29. The average molecular weight is 481 g/mol. The zero-order valence-electron chi connectivity index (χ0n) is 19.6. The number of aromatic nitrogens is 4. The molecular weight excluding hydrogens is 452 g/mol. The summed E-state index contributed by atoms with van der Waals surface area (Å²) < 4.78 is 6.92. The van der Waals surface area contributed by atoms with Crippen molar-refractivity contribution in [2.75, 3.05) is 38.2 Å². The van der Waals surface area contributed by atoms with E-state index in [1.54, 1.807) is 13.2 Å². The molecule has 178 valence electrons. The number of fused-ring (bicyclic) bond motifs is 1. The minimum absolute atomic E-state index is 0. The molecule has 0 atom stereocenters. The average Bonchev–Trinajstić information content (AvgIpc) is 3.26. The number of methoxy groups -OCH3 is 1. The minimum Gasteiger partial charge on any atom is -0.495 e. The molecule has 1 aliphatic heterocycles. The number of rotatable bonds is 5. The second-order valence-electron chi connectivity index (χ2n) is 8.53. The normalized spacial score (nSPS) is 14.3. The van der Waals surface area contributed by atoms with Gasteiger partial charge in [0.05, 0.1) is 18.5 Å². The summed E-state index contributed by atoms with van der Waals surface area (Å²) in [6, 6.07) is 15.8. The minimum atomic E-state index is -0.148. The maximum Gasteiger partial charge on any atom is 0.274 e. The van der Waals surface area contributed by atoms with Crippen molar-refractivity contribution in [2.24, 2.45) is 0 Å². The summed E-state index contributed by atoms with van der Waals surface area (Å²) in [5.41, 5.74) is 5.05. The number of ether oxygens (including phenoxy) is 1. The molecule has 1 fully saturated rings. The molecule has 1 N–H and O–H groups in total. The summed E-state index contributed by atoms with van der Waals surface area (Å²) >= 11 is 0. The number of piperazine rings is 1. The molecule has 0 saturated carbocycles. The van der Waals surface area contributed by atoms with Gasteiger partial charge in [-0.3, -0.25) is 14.8 Å². The van der Waals surface area contributed by atoms with Crippen molar-refractivity contribution in [3.8, 4) is 17.1 Å². The van der Waals surface area contributed by atoms with Crippen LogP contribution in [0.2, 0.25) is 0 Å². The number of benzene rings is 2. The highest BCUT2D eigenvalue weighted by molar-refractivity contribution is 5.85. The molecule has 34 heavy (non-hydrogen) atoms. The van der Waals surface area contributed by atoms with Gasteiger partial charge in [-0.05, 0) is 43.2 Å². The molecule has 2 aromatic carbocycles. The molecule has 4 aromatic rings. The number of para-hydroxylation sites is 2. The Hall–Kier alpha value is -3.36. The van der Waals surface area contributed by atoms with Gasteiger partial charge in [0.25, 0.3) is 11.3 Å². The third-order valence-corrected chi connectivity index (χ3v) is 6.35. The van der Waals surface area contributed by atoms with Crippen LogP contribution in [0.25, 0.3) is 17.2 Å². The number of hydrogen-bond donors (Lipinski definition) is 1. The summed E-state index contributed by atoms with van der Waals surface area (Å²) in [5.74, 6) is 1.94. The molecule has 3 heterocycles. The molecule has 1 saturated heterocycles. The lowest BCUT2D eigenvalue weighted by Crippen LogP contribution is -2.46. The molecule has 0 amide bonds. The quantitative estimate of drug-likeness (QED) is 0.471. The van der Waals surface area contributed by atoms with Crippen LogP contribution in [0.4, 0.5) is 5.69 Å². The maximum atomic E-state index is 12.7. The molecule has 0 spiro atoms. The predicted octanol–water partition coefficient (Wildman–Crippen LogP) is 3.45. The van der Waals surface area contributed by atoms with Gasteiger partial charge in [-0.25, -0.2) is 4.98 Å². The molecular formula is C25H29ClN6O2. The van der Waals surface area contributed by atoms with E-state index in [1.807, 2.05) is 24.3 Å². The van der Waals surface area contributed by atoms with E-state index in [2.05, 4.69) is 56.9 Å². The summed E-state index contributed by atoms with van der Waals surface area (Å²) in [5, 5.41) is 3.09. The SMILES string of the molecule is COc1ccccc1N1CCN(Cc2cc(=O)n3[nH]c(-c4ccc(C)c(C)c4)nc3n2)CC1.Cl. The number of aryl methyl sites for hydroxylation is 2. The molecule has 2 aromatic heterocycles. The summed E-state index contributed by atoms with van der Waals surface area (Å²) in [6.07, 6.45) is 0. The Morgan fingerprint density at radius 3 is 2.47 bits per heavy atom. The zero-order valence-corrected chi connectivity index (χ0v) is 20.4. The predicted molar refractivity (Wildman–Crippen MR) is 136 cm³/mol. The molecule has 0 radical (unpaired) electrons. The summed E-state index contributed by atoms with van der Waals surface area (Å²) in [7, 11) is 1.70. The Labute approximate surface area is 204 Å². The Kier molecular flexibility index (Phi) is 6.90. The fourth-order valence-corrected chi connectivity index (χ4v) is 4.29. The van der Waals surface area contributed by atoms with Crippen LogP contribution in [0.3, 0.4) is 0 Å². The van der Waals surface area contributed by atoms with Crippen molar-refractivity contribution in [1.82, 2.24) is 24.5 Å². The number of aromatic amines is 1. The highest BCUT2D eigenvalue weighted by Crippen LogP contribution is 2.28. The van der Waals surface area contributed by atoms with Gasteiger partial charge in [0.1, 0.15) is 5.75 Å². The Bertz CT molecular complexity index is 1360. The van der Waals surface area contributed by atoms with Crippen molar-refractivity contribution >= 4 is 23.9 Å². The first-order valence-electron chi connectivity index (χ1n) is 11.2. The second-order valence-corrected chi connectivity index (χ2v) is 8.53. The first-order valence-corrected chi connectivity index (χ1v) is 11.2. The second kappa shape index (κ2) is 9.87. The molecule has 0 bridgehead atoms. The number of hydrogen-bond acceptors (Lipinski definition) is 6. The van der Waals surface area contributed by atoms with Crippen molar-refractivity contribution < 1.29 is 4.74 Å². The smallest absolute Gasteiger partial charge is 0.274 e. The maximum absolute atomic E-state index is 12.7. The van der Waals surface area contributed by atoms with Crippen LogP contribution in [-0.4, -0.2) is 57.8 Å². The van der Waals surface area contributed by atoms with Crippen LogP contribution in [0.1, 0.15) is 16.8 Å². The standard InChI is InChI=1S/C25H28N6O2.ClH/c1-17-8-9-19(14-18(17)2)24-27-25-26-20(15-23(32)31(25)28-24)16-29-10-12-30(13-11-29)21-6-4-5-7-22(21)33-3;/h4-9,14-15H,10-13,16H2,1-3H3,(H,26,27,28);1H. The van der Waals surface area contributed by atoms with E-state index in [-0.39, 0.29) is 18.0 Å². The van der Waals surface area contributed by atoms with Crippen molar-refractivity contribution in [3.05, 3.63) is 75.7 Å². The van der Waals surface area contributed by atoms with Gasteiger partial charge in [0, 0.05) is 44.4 Å². The van der Waals surface area contributed by atoms with Crippen molar-refractivity contribution in [1.29, 1.82) is 0 Å². The highest BCUT2D eigenvalue weighted by atomic mass is 35.5. The van der Waals surface area contributed by atoms with Crippen LogP contribution in [0.5, 0.6) is 5.75 Å². The van der Waals surface area contributed by atoms with Gasteiger partial charge < -0.3 is 9.64 Å². The number of halogens is 1. The van der Waals surface area contributed by atoms with E-state index < -0.39 is 0 Å². The zero-order chi connectivity index (χ0) is 22.9. The van der Waals surface area contributed by atoms with Gasteiger partial charge in [0.2, 0.25) is 0 Å². The van der Waals surface area contributed by atoms with Crippen LogP contribution < -0.4 is 15.2 Å². The van der Waals surface area contributed by atoms with E-state index >= 15 is 0 Å². The van der Waals surface area contributed by atoms with Crippen LogP contribution in [0, 0.1) is 13.8 Å². The van der Waals surface area contributed by atoms with Crippen LogP contribution >= 0.6 is 12.4 Å². The van der Waals surface area contributed by atoms with E-state index in [0.29, 0.717) is 18.1 Å². The van der Waals surface area contributed by atoms with Gasteiger partial charge in [-0.15, -0.1) is 12.4 Å². The molecule has 0 aliphatic carbocycles. The lowest BCUT2D eigenvalue weighted by atomic mass is 10.1. The number of H-pyrrole nitrogens is 1. The Morgan fingerprint density at radius 2 is 1.74 bits per heavy atom. The number of anilines is 1. The van der Waals surface area contributed by atoms with Crippen molar-refractivity contribution in [2.45, 2.75) is 20.4 Å². The fraction of sp³-hybridized carbons (Fsp3) is 0.320. The number of nitrogens with zero attached hydrogens (tertiary/aromatic N) is 5. The van der Waals surface area contributed by atoms with Crippen molar-refractivity contribution in [3.63, 3.8) is 0 Å². The third kappa shape index (κ3) is 4.64. The Balaban J connectivity index is 0.00000274. The third-order valence-electron chi connectivity index (χ3n) is 6.35. The van der Waals surface area contributed by atoms with Gasteiger partial charge in [-0.2, -0.15) is 9.50 Å². The van der Waals surface area contributed by atoms with Crippen LogP contribution in [-0.2, 0) is 6.54 Å². The molecule has 9 heteroatoms. The largest absolute Gasteiger partial charge is 0.495 e. The monoisotopic (exact) mass is 480 g/mol. The molecule has 1 aliphatic rings.